The molecule has 1 amide bonds. The van der Waals surface area contributed by atoms with Crippen molar-refractivity contribution in [2.45, 2.75) is 19.8 Å². The van der Waals surface area contributed by atoms with Crippen LogP contribution < -0.4 is 10.1 Å². The zero-order chi connectivity index (χ0) is 33.9. The van der Waals surface area contributed by atoms with Crippen LogP contribution in [0.25, 0.3) is 11.4 Å². The number of pyridine rings is 1. The molecule has 2 heterocycles. The normalized spacial score (nSPS) is 10.9. The van der Waals surface area contributed by atoms with Crippen molar-refractivity contribution in [1.29, 1.82) is 0 Å². The zero-order valence-corrected chi connectivity index (χ0v) is 26.1. The van der Waals surface area contributed by atoms with Gasteiger partial charge in [0.2, 0.25) is 0 Å². The number of amides is 1. The van der Waals surface area contributed by atoms with Crippen LogP contribution in [0.1, 0.15) is 27.0 Å². The fourth-order valence-corrected chi connectivity index (χ4v) is 4.63. The smallest absolute Gasteiger partial charge is 0.319 e. The molecule has 2 aromatic heterocycles. The van der Waals surface area contributed by atoms with Crippen LogP contribution >= 0.6 is 0 Å². The molecular formula is C34H34F2N4O7. The number of aromatic nitrogens is 2. The predicted octanol–water partition coefficient (Wildman–Crippen LogP) is 4.19. The van der Waals surface area contributed by atoms with Crippen LogP contribution in [0, 0.1) is 18.6 Å². The lowest BCUT2D eigenvalue weighted by molar-refractivity contribution is -0.145. The number of ether oxygens (including phenoxy) is 3. The summed E-state index contributed by atoms with van der Waals surface area (Å²) in [6.45, 7) is 1.85. The third kappa shape index (κ3) is 10.0. The van der Waals surface area contributed by atoms with Crippen molar-refractivity contribution >= 4 is 23.6 Å². The van der Waals surface area contributed by atoms with Gasteiger partial charge in [0, 0.05) is 50.5 Å². The molecule has 4 rings (SSSR count). The molecule has 0 saturated carbocycles. The summed E-state index contributed by atoms with van der Waals surface area (Å²) in [6.07, 6.45) is 2.67. The molecule has 0 bridgehead atoms. The van der Waals surface area contributed by atoms with Crippen LogP contribution in [-0.4, -0.2) is 78.9 Å². The highest BCUT2D eigenvalue weighted by Gasteiger charge is 2.17. The minimum absolute atomic E-state index is 0.139. The first kappa shape index (κ1) is 34.4. The number of nitrogens with zero attached hydrogens (tertiary/aromatic N) is 2. The molecule has 0 atom stereocenters. The van der Waals surface area contributed by atoms with Gasteiger partial charge in [-0.25, -0.2) is 8.78 Å². The second kappa shape index (κ2) is 16.2. The minimum Gasteiger partial charge on any atom is -0.468 e. The van der Waals surface area contributed by atoms with Gasteiger partial charge in [0.05, 0.1) is 44.3 Å². The summed E-state index contributed by atoms with van der Waals surface area (Å²) in [7, 11) is 2.48. The first-order valence-corrected chi connectivity index (χ1v) is 14.6. The maximum atomic E-state index is 14.9. The number of hydrogen-bond acceptors (Lipinski definition) is 9. The summed E-state index contributed by atoms with van der Waals surface area (Å²) < 4.78 is 44.1. The summed E-state index contributed by atoms with van der Waals surface area (Å²) in [5.74, 6) is -2.34. The highest BCUT2D eigenvalue weighted by molar-refractivity contribution is 5.95. The van der Waals surface area contributed by atoms with Gasteiger partial charge in [-0.2, -0.15) is 0 Å². The van der Waals surface area contributed by atoms with Gasteiger partial charge >= 0.3 is 11.9 Å². The van der Waals surface area contributed by atoms with Crippen molar-refractivity contribution in [1.82, 2.24) is 20.2 Å². The fraction of sp³-hybridized carbons (Fsp3) is 0.265. The Morgan fingerprint density at radius 1 is 0.851 bits per heavy atom. The van der Waals surface area contributed by atoms with Crippen molar-refractivity contribution in [2.24, 2.45) is 0 Å². The Labute approximate surface area is 269 Å². The average molecular weight is 649 g/mol. The summed E-state index contributed by atoms with van der Waals surface area (Å²) in [6, 6.07) is 13.5. The molecular weight excluding hydrogens is 614 g/mol. The van der Waals surface area contributed by atoms with Crippen LogP contribution in [-0.2, 0) is 36.7 Å². The topological polar surface area (TPSA) is 140 Å². The van der Waals surface area contributed by atoms with E-state index >= 15 is 0 Å². The third-order valence-corrected chi connectivity index (χ3v) is 7.06. The van der Waals surface area contributed by atoms with E-state index in [2.05, 4.69) is 24.8 Å². The first-order valence-electron chi connectivity index (χ1n) is 14.6. The molecule has 0 aliphatic heterocycles. The average Bonchev–Trinajstić information content (AvgIpc) is 3.55. The zero-order valence-electron chi connectivity index (χ0n) is 26.1. The monoisotopic (exact) mass is 648 g/mol. The maximum Gasteiger partial charge on any atom is 0.319 e. The van der Waals surface area contributed by atoms with E-state index in [1.807, 2.05) is 0 Å². The Bertz CT molecular complexity index is 1740. The van der Waals surface area contributed by atoms with Crippen molar-refractivity contribution in [3.05, 3.63) is 101 Å². The van der Waals surface area contributed by atoms with Gasteiger partial charge in [0.1, 0.15) is 28.9 Å². The van der Waals surface area contributed by atoms with E-state index in [1.165, 1.54) is 55.8 Å². The molecule has 2 N–H and O–H groups in total. The molecule has 0 radical (unpaired) electrons. The van der Waals surface area contributed by atoms with Crippen molar-refractivity contribution in [3.8, 4) is 22.9 Å². The number of benzene rings is 2. The Morgan fingerprint density at radius 3 is 2.26 bits per heavy atom. The summed E-state index contributed by atoms with van der Waals surface area (Å²) in [5, 5.41) is 2.74. The highest BCUT2D eigenvalue weighted by atomic mass is 19.1. The van der Waals surface area contributed by atoms with Crippen LogP contribution in [0.4, 0.5) is 8.78 Å². The standard InChI is InChI=1S/C34H34F2N4O7/c1-21-4-7-28(35)23(12-21)14-25(41)13-22-5-6-26(16-29(22)36)47-27-8-9-37-31(17-27)30-15-24(18-39-30)34(44)38-10-11-40(19-32(42)45-2)20-33(43)46-3/h4-9,12,15-18,39H,10-11,13-14,19-20H2,1-3H3,(H,38,44). The van der Waals surface area contributed by atoms with Crippen molar-refractivity contribution in [3.63, 3.8) is 0 Å². The molecule has 13 heteroatoms. The Hall–Kier alpha value is -5.43. The van der Waals surface area contributed by atoms with Crippen molar-refractivity contribution < 1.29 is 42.2 Å². The number of hydrogen-bond donors (Lipinski definition) is 2. The van der Waals surface area contributed by atoms with E-state index in [-0.39, 0.29) is 61.7 Å². The van der Waals surface area contributed by atoms with Crippen LogP contribution in [0.15, 0.2) is 67.0 Å². The Morgan fingerprint density at radius 2 is 1.55 bits per heavy atom. The number of aromatic amines is 1. The van der Waals surface area contributed by atoms with E-state index in [0.29, 0.717) is 22.7 Å². The minimum atomic E-state index is -0.631. The van der Waals surface area contributed by atoms with Gasteiger partial charge in [-0.05, 0) is 42.3 Å². The number of ketones is 1. The number of rotatable bonds is 15. The van der Waals surface area contributed by atoms with Gasteiger partial charge < -0.3 is 24.5 Å². The SMILES string of the molecule is COC(=O)CN(CCNC(=O)c1c[nH]c(-c2cc(Oc3ccc(CC(=O)Cc4cc(C)ccc4F)c(F)c3)ccn2)c1)CC(=O)OC. The van der Waals surface area contributed by atoms with E-state index in [4.69, 9.17) is 4.74 Å². The lowest BCUT2D eigenvalue weighted by Gasteiger charge is -2.19. The van der Waals surface area contributed by atoms with Gasteiger partial charge in [0.25, 0.3) is 5.91 Å². The van der Waals surface area contributed by atoms with Crippen LogP contribution in [0.2, 0.25) is 0 Å². The molecule has 0 spiro atoms. The quantitative estimate of drug-likeness (QED) is 0.182. The second-order valence-corrected chi connectivity index (χ2v) is 10.6. The lowest BCUT2D eigenvalue weighted by atomic mass is 10.0. The van der Waals surface area contributed by atoms with Crippen LogP contribution in [0.3, 0.4) is 0 Å². The molecule has 246 valence electrons. The van der Waals surface area contributed by atoms with E-state index < -0.39 is 29.5 Å². The summed E-state index contributed by atoms with van der Waals surface area (Å²) >= 11 is 0. The Balaban J connectivity index is 1.34. The van der Waals surface area contributed by atoms with Gasteiger partial charge in [0.15, 0.2) is 0 Å². The second-order valence-electron chi connectivity index (χ2n) is 10.6. The number of carbonyl (C=O) groups is 4. The first-order chi connectivity index (χ1) is 22.5. The van der Waals surface area contributed by atoms with Crippen molar-refractivity contribution in [2.75, 3.05) is 40.4 Å². The van der Waals surface area contributed by atoms with Gasteiger partial charge in [-0.1, -0.05) is 23.8 Å². The molecule has 0 fully saturated rings. The number of carbonyl (C=O) groups excluding carboxylic acids is 4. The molecule has 2 aromatic carbocycles. The highest BCUT2D eigenvalue weighted by Crippen LogP contribution is 2.27. The number of H-pyrrole nitrogens is 1. The van der Waals surface area contributed by atoms with E-state index in [0.717, 1.165) is 5.56 Å². The summed E-state index contributed by atoms with van der Waals surface area (Å²) in [4.78, 5) is 57.3. The molecule has 11 nitrogen and oxygen atoms in total. The number of esters is 2. The number of Topliss-reactive ketones (excluding diaryl/α,β-unsaturated/α-hetero) is 1. The molecule has 4 aromatic rings. The fourth-order valence-electron chi connectivity index (χ4n) is 4.63. The Kier molecular flexibility index (Phi) is 11.9. The number of halogens is 2. The molecule has 0 aliphatic carbocycles. The molecule has 0 unspecified atom stereocenters. The van der Waals surface area contributed by atoms with Gasteiger partial charge in [-0.15, -0.1) is 0 Å². The molecule has 0 saturated heterocycles. The van der Waals surface area contributed by atoms with E-state index in [1.54, 1.807) is 37.3 Å². The third-order valence-electron chi connectivity index (χ3n) is 7.06. The number of methoxy groups -OCH3 is 2. The summed E-state index contributed by atoms with van der Waals surface area (Å²) in [5.41, 5.74) is 2.56. The predicted molar refractivity (Wildman–Crippen MR) is 167 cm³/mol. The largest absolute Gasteiger partial charge is 0.468 e. The van der Waals surface area contributed by atoms with Gasteiger partial charge in [-0.3, -0.25) is 29.1 Å². The number of aryl methyl sites for hydroxylation is 1. The molecule has 0 aliphatic rings. The lowest BCUT2D eigenvalue weighted by Crippen LogP contribution is -2.40. The van der Waals surface area contributed by atoms with E-state index in [9.17, 15) is 28.0 Å². The number of nitrogens with one attached hydrogen (secondary N) is 2. The maximum absolute atomic E-state index is 14.9. The molecule has 47 heavy (non-hydrogen) atoms. The van der Waals surface area contributed by atoms with Crippen LogP contribution in [0.5, 0.6) is 11.5 Å².